The third-order valence-corrected chi connectivity index (χ3v) is 4.08. The normalized spacial score (nSPS) is 14.0. The van der Waals surface area contributed by atoms with Crippen molar-refractivity contribution in [1.82, 2.24) is 4.72 Å². The minimum atomic E-state index is -3.27. The lowest BCUT2D eigenvalue weighted by Gasteiger charge is -2.10. The average Bonchev–Trinajstić information content (AvgIpc) is 2.68. The molecule has 0 spiro atoms. The van der Waals surface area contributed by atoms with Crippen LogP contribution >= 0.6 is 11.3 Å². The lowest BCUT2D eigenvalue weighted by molar-refractivity contribution is 0.184. The summed E-state index contributed by atoms with van der Waals surface area (Å²) in [6.07, 6.45) is 0.256. The highest BCUT2D eigenvalue weighted by Crippen LogP contribution is 2.29. The molecule has 0 amide bonds. The SMILES string of the molecule is CS(=O)(=O)NCC(O)c1csc2ccccc12. The zero-order chi connectivity index (χ0) is 12.5. The van der Waals surface area contributed by atoms with Gasteiger partial charge in [0.05, 0.1) is 12.4 Å². The van der Waals surface area contributed by atoms with Crippen LogP contribution in [0.15, 0.2) is 29.6 Å². The largest absolute Gasteiger partial charge is 0.387 e. The number of rotatable bonds is 4. The quantitative estimate of drug-likeness (QED) is 0.885. The molecule has 0 aliphatic carbocycles. The third kappa shape index (κ3) is 3.04. The number of nitrogens with one attached hydrogen (secondary N) is 1. The van der Waals surface area contributed by atoms with E-state index < -0.39 is 16.1 Å². The number of aliphatic hydroxyl groups is 1. The first-order valence-corrected chi connectivity index (χ1v) is 7.83. The maximum absolute atomic E-state index is 10.9. The van der Waals surface area contributed by atoms with Gasteiger partial charge in [-0.05, 0) is 16.8 Å². The minimum absolute atomic E-state index is 0.000436. The van der Waals surface area contributed by atoms with Crippen LogP contribution in [0.4, 0.5) is 0 Å². The average molecular weight is 271 g/mol. The molecule has 92 valence electrons. The number of aliphatic hydroxyl groups excluding tert-OH is 1. The summed E-state index contributed by atoms with van der Waals surface area (Å²) < 4.78 is 25.3. The van der Waals surface area contributed by atoms with Gasteiger partial charge in [0.15, 0.2) is 0 Å². The molecule has 0 fully saturated rings. The number of hydrogen-bond acceptors (Lipinski definition) is 4. The lowest BCUT2D eigenvalue weighted by atomic mass is 10.1. The second-order valence-electron chi connectivity index (χ2n) is 3.82. The summed E-state index contributed by atoms with van der Waals surface area (Å²) in [4.78, 5) is 0. The van der Waals surface area contributed by atoms with Crippen molar-refractivity contribution in [2.45, 2.75) is 6.10 Å². The van der Waals surface area contributed by atoms with Gasteiger partial charge in [-0.3, -0.25) is 0 Å². The van der Waals surface area contributed by atoms with Crippen LogP contribution in [0.25, 0.3) is 10.1 Å². The third-order valence-electron chi connectivity index (χ3n) is 2.41. The summed E-state index contributed by atoms with van der Waals surface area (Å²) in [6.45, 7) is -0.000436. The molecule has 0 bridgehead atoms. The Bertz CT molecular complexity index is 618. The van der Waals surface area contributed by atoms with Crippen LogP contribution in [-0.2, 0) is 10.0 Å². The zero-order valence-electron chi connectivity index (χ0n) is 9.25. The van der Waals surface area contributed by atoms with Gasteiger partial charge in [-0.15, -0.1) is 11.3 Å². The Kier molecular flexibility index (Phi) is 3.48. The predicted octanol–water partition coefficient (Wildman–Crippen LogP) is 1.48. The molecule has 4 nitrogen and oxygen atoms in total. The molecule has 1 aromatic carbocycles. The fourth-order valence-electron chi connectivity index (χ4n) is 1.60. The molecule has 0 aliphatic heterocycles. The van der Waals surface area contributed by atoms with E-state index in [4.69, 9.17) is 0 Å². The first-order chi connectivity index (χ1) is 7.97. The standard InChI is InChI=1S/C11H13NO3S2/c1-17(14,15)12-6-10(13)9-7-16-11-5-3-2-4-8(9)11/h2-5,7,10,12-13H,6H2,1H3. The molecule has 17 heavy (non-hydrogen) atoms. The Morgan fingerprint density at radius 3 is 2.82 bits per heavy atom. The fourth-order valence-corrected chi connectivity index (χ4v) is 3.07. The van der Waals surface area contributed by atoms with Crippen molar-refractivity contribution in [3.05, 3.63) is 35.2 Å². The highest BCUT2D eigenvalue weighted by atomic mass is 32.2. The van der Waals surface area contributed by atoms with Gasteiger partial charge in [-0.1, -0.05) is 18.2 Å². The summed E-state index contributed by atoms with van der Waals surface area (Å²) in [7, 11) is -3.27. The molecule has 2 aromatic rings. The van der Waals surface area contributed by atoms with E-state index in [-0.39, 0.29) is 6.54 Å². The molecule has 2 N–H and O–H groups in total. The fraction of sp³-hybridized carbons (Fsp3) is 0.273. The summed E-state index contributed by atoms with van der Waals surface area (Å²) in [5, 5.41) is 12.8. The Morgan fingerprint density at radius 2 is 2.12 bits per heavy atom. The molecular weight excluding hydrogens is 258 g/mol. The lowest BCUT2D eigenvalue weighted by Crippen LogP contribution is -2.27. The van der Waals surface area contributed by atoms with Gasteiger partial charge >= 0.3 is 0 Å². The van der Waals surface area contributed by atoms with E-state index in [1.807, 2.05) is 29.6 Å². The number of sulfonamides is 1. The van der Waals surface area contributed by atoms with Crippen LogP contribution in [0.5, 0.6) is 0 Å². The second kappa shape index (κ2) is 4.73. The van der Waals surface area contributed by atoms with Crippen molar-refractivity contribution in [3.63, 3.8) is 0 Å². The van der Waals surface area contributed by atoms with Gasteiger partial charge in [-0.25, -0.2) is 13.1 Å². The van der Waals surface area contributed by atoms with E-state index in [2.05, 4.69) is 4.72 Å². The number of benzene rings is 1. The maximum atomic E-state index is 10.9. The molecule has 2 rings (SSSR count). The Balaban J connectivity index is 2.22. The summed E-state index contributed by atoms with van der Waals surface area (Å²) in [5.41, 5.74) is 0.766. The van der Waals surface area contributed by atoms with E-state index in [0.717, 1.165) is 21.9 Å². The molecular formula is C11H13NO3S2. The molecule has 1 heterocycles. The van der Waals surface area contributed by atoms with E-state index in [1.54, 1.807) is 0 Å². The zero-order valence-corrected chi connectivity index (χ0v) is 10.9. The maximum Gasteiger partial charge on any atom is 0.208 e. The van der Waals surface area contributed by atoms with Gasteiger partial charge in [0.25, 0.3) is 0 Å². The van der Waals surface area contributed by atoms with Crippen molar-refractivity contribution in [2.75, 3.05) is 12.8 Å². The molecule has 6 heteroatoms. The van der Waals surface area contributed by atoms with Crippen LogP contribution in [-0.4, -0.2) is 26.3 Å². The summed E-state index contributed by atoms with van der Waals surface area (Å²) >= 11 is 1.54. The van der Waals surface area contributed by atoms with Crippen LogP contribution in [0, 0.1) is 0 Å². The highest BCUT2D eigenvalue weighted by Gasteiger charge is 2.14. The first-order valence-electron chi connectivity index (χ1n) is 5.06. The summed E-state index contributed by atoms with van der Waals surface area (Å²) in [5.74, 6) is 0. The van der Waals surface area contributed by atoms with Crippen molar-refractivity contribution in [3.8, 4) is 0 Å². The predicted molar refractivity (Wildman–Crippen MR) is 69.6 cm³/mol. The smallest absolute Gasteiger partial charge is 0.208 e. The number of thiophene rings is 1. The van der Waals surface area contributed by atoms with E-state index in [9.17, 15) is 13.5 Å². The molecule has 0 aliphatic rings. The van der Waals surface area contributed by atoms with Crippen LogP contribution in [0.3, 0.4) is 0 Å². The topological polar surface area (TPSA) is 66.4 Å². The van der Waals surface area contributed by atoms with Crippen molar-refractivity contribution < 1.29 is 13.5 Å². The van der Waals surface area contributed by atoms with Crippen LogP contribution in [0.2, 0.25) is 0 Å². The van der Waals surface area contributed by atoms with Gasteiger partial charge in [0.2, 0.25) is 10.0 Å². The Labute approximate surface area is 104 Å². The number of fused-ring (bicyclic) bond motifs is 1. The second-order valence-corrected chi connectivity index (χ2v) is 6.57. The van der Waals surface area contributed by atoms with E-state index in [0.29, 0.717) is 0 Å². The number of hydrogen-bond donors (Lipinski definition) is 2. The Hall–Kier alpha value is -0.950. The van der Waals surface area contributed by atoms with Crippen molar-refractivity contribution in [2.24, 2.45) is 0 Å². The van der Waals surface area contributed by atoms with Crippen LogP contribution < -0.4 is 4.72 Å². The molecule has 1 atom stereocenters. The van der Waals surface area contributed by atoms with Gasteiger partial charge in [-0.2, -0.15) is 0 Å². The highest BCUT2D eigenvalue weighted by molar-refractivity contribution is 7.88. The van der Waals surface area contributed by atoms with Crippen LogP contribution in [0.1, 0.15) is 11.7 Å². The summed E-state index contributed by atoms with van der Waals surface area (Å²) in [6, 6.07) is 7.73. The Morgan fingerprint density at radius 1 is 1.41 bits per heavy atom. The van der Waals surface area contributed by atoms with E-state index >= 15 is 0 Å². The van der Waals surface area contributed by atoms with E-state index in [1.165, 1.54) is 11.3 Å². The molecule has 0 saturated heterocycles. The molecule has 1 unspecified atom stereocenters. The van der Waals surface area contributed by atoms with Gasteiger partial charge < -0.3 is 5.11 Å². The minimum Gasteiger partial charge on any atom is -0.387 e. The van der Waals surface area contributed by atoms with Gasteiger partial charge in [0.1, 0.15) is 0 Å². The monoisotopic (exact) mass is 271 g/mol. The van der Waals surface area contributed by atoms with Crippen molar-refractivity contribution in [1.29, 1.82) is 0 Å². The van der Waals surface area contributed by atoms with Crippen molar-refractivity contribution >= 4 is 31.4 Å². The molecule has 0 saturated carbocycles. The molecule has 1 aromatic heterocycles. The first kappa shape index (κ1) is 12.5. The molecule has 0 radical (unpaired) electrons. The van der Waals surface area contributed by atoms with Gasteiger partial charge in [0, 0.05) is 16.8 Å².